The first kappa shape index (κ1) is 24.0. The second kappa shape index (κ2) is 9.74. The molecule has 0 N–H and O–H groups in total. The fourth-order valence-electron chi connectivity index (χ4n) is 4.96. The summed E-state index contributed by atoms with van der Waals surface area (Å²) in [5, 5.41) is 18.9. The summed E-state index contributed by atoms with van der Waals surface area (Å²) in [6, 6.07) is 7.59. The minimum atomic E-state index is -0.418. The Balaban J connectivity index is 1.48. The molecule has 0 aromatic carbocycles. The van der Waals surface area contributed by atoms with Gasteiger partial charge in [0.1, 0.15) is 11.1 Å². The fraction of sp³-hybridized carbons (Fsp3) is 0.346. The normalized spacial score (nSPS) is 17.8. The number of hydrogen-bond acceptors (Lipinski definition) is 6. The predicted molar refractivity (Wildman–Crippen MR) is 134 cm³/mol. The minimum Gasteiger partial charge on any atom is -0.343 e. The molecule has 0 bridgehead atoms. The summed E-state index contributed by atoms with van der Waals surface area (Å²) < 4.78 is 18.1. The van der Waals surface area contributed by atoms with Crippen LogP contribution < -0.4 is 0 Å². The standard InChI is InChI=1S/C26H26FN7OS/c1-16-22(14-31-34(16)21-8-6-20(7-9-21)32(3)17(2)35)18-11-24(36-26-23(27)5-4-10-29-26)25-19(12-28)13-30-33(25)15-18/h4-5,10-11,13-15,20-21H,6-9H2,1-3H3/t20-,21+. The third-order valence-corrected chi connectivity index (χ3v) is 8.07. The SMILES string of the molecule is CC(=O)N(C)[C@H]1CC[C@@H](n2ncc(-c3cc(Sc4ncccc4F)c4c(C#N)cnn4c3)c2C)CC1. The largest absolute Gasteiger partial charge is 0.343 e. The van der Waals surface area contributed by atoms with Gasteiger partial charge in [0.15, 0.2) is 5.82 Å². The highest BCUT2D eigenvalue weighted by Gasteiger charge is 2.28. The lowest BCUT2D eigenvalue weighted by Crippen LogP contribution is -2.38. The number of carbonyl (C=O) groups is 1. The Hall–Kier alpha value is -3.71. The molecule has 1 aliphatic carbocycles. The molecule has 184 valence electrons. The van der Waals surface area contributed by atoms with E-state index in [1.807, 2.05) is 30.4 Å². The minimum absolute atomic E-state index is 0.101. The molecule has 8 nitrogen and oxygen atoms in total. The highest BCUT2D eigenvalue weighted by atomic mass is 32.2. The summed E-state index contributed by atoms with van der Waals surface area (Å²) >= 11 is 1.18. The van der Waals surface area contributed by atoms with Crippen LogP contribution in [0, 0.1) is 24.1 Å². The third-order valence-electron chi connectivity index (χ3n) is 7.04. The van der Waals surface area contributed by atoms with E-state index < -0.39 is 5.82 Å². The number of halogens is 1. The number of nitrogens with zero attached hydrogens (tertiary/aromatic N) is 7. The Bertz CT molecular complexity index is 1480. The zero-order chi connectivity index (χ0) is 25.4. The van der Waals surface area contributed by atoms with Crippen molar-refractivity contribution in [2.45, 2.75) is 61.5 Å². The van der Waals surface area contributed by atoms with Crippen LogP contribution in [-0.4, -0.2) is 48.3 Å². The highest BCUT2D eigenvalue weighted by molar-refractivity contribution is 7.99. The molecular weight excluding hydrogens is 477 g/mol. The van der Waals surface area contributed by atoms with E-state index in [1.54, 1.807) is 23.7 Å². The van der Waals surface area contributed by atoms with E-state index in [1.165, 1.54) is 24.0 Å². The maximum Gasteiger partial charge on any atom is 0.219 e. The van der Waals surface area contributed by atoms with Crippen molar-refractivity contribution in [2.75, 3.05) is 7.05 Å². The molecule has 0 spiro atoms. The van der Waals surface area contributed by atoms with E-state index in [4.69, 9.17) is 5.10 Å². The number of rotatable bonds is 5. The quantitative estimate of drug-likeness (QED) is 0.380. The molecule has 36 heavy (non-hydrogen) atoms. The molecule has 1 aliphatic rings. The number of aromatic nitrogens is 5. The van der Waals surface area contributed by atoms with E-state index >= 15 is 0 Å². The molecule has 0 unspecified atom stereocenters. The third kappa shape index (κ3) is 4.35. The molecule has 4 aromatic heterocycles. The number of hydrogen-bond donors (Lipinski definition) is 0. The van der Waals surface area contributed by atoms with Crippen LogP contribution in [0.4, 0.5) is 4.39 Å². The van der Waals surface area contributed by atoms with Crippen molar-refractivity contribution in [1.82, 2.24) is 29.3 Å². The van der Waals surface area contributed by atoms with Crippen molar-refractivity contribution in [3.05, 3.63) is 60.1 Å². The lowest BCUT2D eigenvalue weighted by molar-refractivity contribution is -0.130. The maximum absolute atomic E-state index is 14.4. The molecule has 0 saturated heterocycles. The van der Waals surface area contributed by atoms with Crippen molar-refractivity contribution in [2.24, 2.45) is 0 Å². The van der Waals surface area contributed by atoms with Crippen LogP contribution in [0.15, 0.2) is 52.9 Å². The molecule has 0 aliphatic heterocycles. The second-order valence-electron chi connectivity index (χ2n) is 9.13. The van der Waals surface area contributed by atoms with Gasteiger partial charge in [0.05, 0.1) is 29.5 Å². The van der Waals surface area contributed by atoms with Crippen LogP contribution in [0.2, 0.25) is 0 Å². The molecule has 0 atom stereocenters. The van der Waals surface area contributed by atoms with Gasteiger partial charge in [0.2, 0.25) is 5.91 Å². The van der Waals surface area contributed by atoms with Gasteiger partial charge in [0.25, 0.3) is 0 Å². The van der Waals surface area contributed by atoms with Crippen molar-refractivity contribution >= 4 is 23.2 Å². The van der Waals surface area contributed by atoms with E-state index in [-0.39, 0.29) is 23.0 Å². The number of carbonyl (C=O) groups excluding carboxylic acids is 1. The van der Waals surface area contributed by atoms with Gasteiger partial charge in [-0.1, -0.05) is 11.8 Å². The molecule has 1 saturated carbocycles. The van der Waals surface area contributed by atoms with Gasteiger partial charge in [-0.25, -0.2) is 13.9 Å². The smallest absolute Gasteiger partial charge is 0.219 e. The van der Waals surface area contributed by atoms with E-state index in [9.17, 15) is 14.4 Å². The first-order valence-corrected chi connectivity index (χ1v) is 12.7. The van der Waals surface area contributed by atoms with E-state index in [0.29, 0.717) is 16.0 Å². The van der Waals surface area contributed by atoms with Crippen molar-refractivity contribution < 1.29 is 9.18 Å². The zero-order valence-corrected chi connectivity index (χ0v) is 21.2. The number of nitriles is 1. The molecule has 4 heterocycles. The summed E-state index contributed by atoms with van der Waals surface area (Å²) in [4.78, 5) is 18.4. The van der Waals surface area contributed by atoms with Gasteiger partial charge in [-0.15, -0.1) is 0 Å². The summed E-state index contributed by atoms with van der Waals surface area (Å²) in [5.41, 5.74) is 3.90. The average Bonchev–Trinajstić information content (AvgIpc) is 3.48. The van der Waals surface area contributed by atoms with Crippen LogP contribution in [-0.2, 0) is 4.79 Å². The van der Waals surface area contributed by atoms with Crippen molar-refractivity contribution in [3.63, 3.8) is 0 Å². The van der Waals surface area contributed by atoms with Gasteiger partial charge in [0, 0.05) is 54.1 Å². The molecule has 10 heteroatoms. The van der Waals surface area contributed by atoms with Gasteiger partial charge < -0.3 is 4.90 Å². The first-order valence-electron chi connectivity index (χ1n) is 11.8. The zero-order valence-electron chi connectivity index (χ0n) is 20.3. The molecule has 4 aromatic rings. The predicted octanol–water partition coefficient (Wildman–Crippen LogP) is 5.03. The average molecular weight is 504 g/mol. The van der Waals surface area contributed by atoms with E-state index in [0.717, 1.165) is 42.5 Å². The summed E-state index contributed by atoms with van der Waals surface area (Å²) in [5.74, 6) is -0.317. The van der Waals surface area contributed by atoms with Crippen molar-refractivity contribution in [3.8, 4) is 17.2 Å². The van der Waals surface area contributed by atoms with Gasteiger partial charge in [-0.2, -0.15) is 15.5 Å². The Labute approximate surface area is 212 Å². The van der Waals surface area contributed by atoms with Gasteiger partial charge >= 0.3 is 0 Å². The molecular formula is C26H26FN7OS. The van der Waals surface area contributed by atoms with Crippen molar-refractivity contribution in [1.29, 1.82) is 5.26 Å². The second-order valence-corrected chi connectivity index (χ2v) is 10.2. The first-order chi connectivity index (χ1) is 17.4. The van der Waals surface area contributed by atoms with Gasteiger partial charge in [-0.05, 0) is 50.8 Å². The summed E-state index contributed by atoms with van der Waals surface area (Å²) in [7, 11) is 1.88. The number of amides is 1. The van der Waals surface area contributed by atoms with Crippen LogP contribution in [0.5, 0.6) is 0 Å². The number of pyridine rings is 2. The molecule has 1 amide bonds. The monoisotopic (exact) mass is 503 g/mol. The van der Waals surface area contributed by atoms with Crippen LogP contribution in [0.3, 0.4) is 0 Å². The fourth-order valence-corrected chi connectivity index (χ4v) is 5.94. The van der Waals surface area contributed by atoms with Crippen LogP contribution in [0.25, 0.3) is 16.6 Å². The van der Waals surface area contributed by atoms with Gasteiger partial charge in [-0.3, -0.25) is 9.48 Å². The molecule has 1 fully saturated rings. The number of fused-ring (bicyclic) bond motifs is 1. The Morgan fingerprint density at radius 2 is 2.03 bits per heavy atom. The summed E-state index contributed by atoms with van der Waals surface area (Å²) in [6.07, 6.45) is 10.6. The Morgan fingerprint density at radius 1 is 1.25 bits per heavy atom. The Morgan fingerprint density at radius 3 is 2.72 bits per heavy atom. The summed E-state index contributed by atoms with van der Waals surface area (Å²) in [6.45, 7) is 3.66. The lowest BCUT2D eigenvalue weighted by atomic mass is 9.90. The topological polar surface area (TPSA) is 92.1 Å². The van der Waals surface area contributed by atoms with Crippen LogP contribution >= 0.6 is 11.8 Å². The molecule has 5 rings (SSSR count). The highest BCUT2D eigenvalue weighted by Crippen LogP contribution is 2.38. The van der Waals surface area contributed by atoms with E-state index in [2.05, 4.69) is 27.8 Å². The Kier molecular flexibility index (Phi) is 6.49. The van der Waals surface area contributed by atoms with Crippen LogP contribution in [0.1, 0.15) is 49.9 Å². The molecule has 0 radical (unpaired) electrons. The maximum atomic E-state index is 14.4. The lowest BCUT2D eigenvalue weighted by Gasteiger charge is -2.34.